The van der Waals surface area contributed by atoms with Gasteiger partial charge in [0.25, 0.3) is 0 Å². The number of carbonyl (C=O) groups is 3. The van der Waals surface area contributed by atoms with Gasteiger partial charge in [-0.05, 0) is 37.5 Å². The van der Waals surface area contributed by atoms with Gasteiger partial charge < -0.3 is 0 Å². The maximum atomic E-state index is 12.5. The zero-order chi connectivity index (χ0) is 14.7. The van der Waals surface area contributed by atoms with E-state index in [1.54, 1.807) is 0 Å². The summed E-state index contributed by atoms with van der Waals surface area (Å²) < 4.78 is 0. The molecule has 1 N–H and O–H groups in total. The molecule has 2 fully saturated rings. The standard InChI is InChI=1S/C15H24N2O3/c1-10(2)6-5-9-17-14(19)12(11-7-3-4-8-11)13(18)16-15(17)20/h10-12H,3-9H2,1-2H3,(H,16,18,20). The average molecular weight is 280 g/mol. The van der Waals surface area contributed by atoms with Gasteiger partial charge in [0.15, 0.2) is 0 Å². The second-order valence-electron chi connectivity index (χ2n) is 6.34. The Bertz CT molecular complexity index is 400. The minimum Gasteiger partial charge on any atom is -0.277 e. The lowest BCUT2D eigenvalue weighted by Crippen LogP contribution is -2.59. The molecule has 1 unspecified atom stereocenters. The predicted octanol–water partition coefficient (Wildman–Crippen LogP) is 2.31. The summed E-state index contributed by atoms with van der Waals surface area (Å²) in [6.45, 7) is 4.64. The number of imide groups is 2. The molecular weight excluding hydrogens is 256 g/mol. The number of hydrogen-bond donors (Lipinski definition) is 1. The molecule has 2 aliphatic rings. The number of urea groups is 1. The van der Waals surface area contributed by atoms with E-state index in [2.05, 4.69) is 19.2 Å². The van der Waals surface area contributed by atoms with E-state index in [0.717, 1.165) is 38.5 Å². The van der Waals surface area contributed by atoms with Gasteiger partial charge in [0, 0.05) is 6.54 Å². The number of hydrogen-bond acceptors (Lipinski definition) is 3. The summed E-state index contributed by atoms with van der Waals surface area (Å²) in [5.41, 5.74) is 0. The Morgan fingerprint density at radius 1 is 1.20 bits per heavy atom. The van der Waals surface area contributed by atoms with Gasteiger partial charge >= 0.3 is 6.03 Å². The Morgan fingerprint density at radius 3 is 2.45 bits per heavy atom. The molecule has 1 saturated heterocycles. The first-order valence-electron chi connectivity index (χ1n) is 7.67. The summed E-state index contributed by atoms with van der Waals surface area (Å²) in [6, 6.07) is -0.544. The van der Waals surface area contributed by atoms with Gasteiger partial charge in [-0.1, -0.05) is 26.7 Å². The number of nitrogens with one attached hydrogen (secondary N) is 1. The molecule has 1 atom stereocenters. The first kappa shape index (κ1) is 15.0. The first-order valence-corrected chi connectivity index (χ1v) is 7.67. The highest BCUT2D eigenvalue weighted by Gasteiger charge is 2.44. The molecule has 1 aliphatic heterocycles. The average Bonchev–Trinajstić information content (AvgIpc) is 2.86. The molecule has 4 amide bonds. The molecule has 2 rings (SSSR count). The van der Waals surface area contributed by atoms with Crippen LogP contribution in [0.4, 0.5) is 4.79 Å². The Labute approximate surface area is 120 Å². The van der Waals surface area contributed by atoms with E-state index in [4.69, 9.17) is 0 Å². The molecule has 5 heteroatoms. The number of nitrogens with zero attached hydrogens (tertiary/aromatic N) is 1. The van der Waals surface area contributed by atoms with Crippen molar-refractivity contribution in [3.05, 3.63) is 0 Å². The van der Waals surface area contributed by atoms with E-state index in [9.17, 15) is 14.4 Å². The molecule has 1 aliphatic carbocycles. The fourth-order valence-corrected chi connectivity index (χ4v) is 3.21. The molecule has 0 aromatic carbocycles. The summed E-state index contributed by atoms with van der Waals surface area (Å²) >= 11 is 0. The molecule has 0 spiro atoms. The van der Waals surface area contributed by atoms with Gasteiger partial charge in [-0.3, -0.25) is 19.8 Å². The van der Waals surface area contributed by atoms with Crippen LogP contribution in [0.3, 0.4) is 0 Å². The lowest BCUT2D eigenvalue weighted by Gasteiger charge is -2.33. The maximum Gasteiger partial charge on any atom is 0.330 e. The molecule has 1 saturated carbocycles. The number of carbonyl (C=O) groups excluding carboxylic acids is 3. The molecule has 0 bridgehead atoms. The Hall–Kier alpha value is -1.39. The topological polar surface area (TPSA) is 66.5 Å². The minimum absolute atomic E-state index is 0.114. The molecule has 0 aromatic rings. The van der Waals surface area contributed by atoms with Gasteiger partial charge in [0.1, 0.15) is 5.92 Å². The van der Waals surface area contributed by atoms with Crippen LogP contribution >= 0.6 is 0 Å². The van der Waals surface area contributed by atoms with Crippen molar-refractivity contribution in [1.29, 1.82) is 0 Å². The summed E-state index contributed by atoms with van der Waals surface area (Å²) in [6.07, 6.45) is 5.74. The van der Waals surface area contributed by atoms with Crippen molar-refractivity contribution in [3.8, 4) is 0 Å². The van der Waals surface area contributed by atoms with Crippen molar-refractivity contribution < 1.29 is 14.4 Å². The molecular formula is C15H24N2O3. The molecule has 112 valence electrons. The third kappa shape index (κ3) is 3.19. The molecule has 0 radical (unpaired) electrons. The lowest BCUT2D eigenvalue weighted by molar-refractivity contribution is -0.145. The molecule has 20 heavy (non-hydrogen) atoms. The zero-order valence-electron chi connectivity index (χ0n) is 12.4. The summed E-state index contributed by atoms with van der Waals surface area (Å²) in [5, 5.41) is 2.35. The Morgan fingerprint density at radius 2 is 1.85 bits per heavy atom. The maximum absolute atomic E-state index is 12.5. The van der Waals surface area contributed by atoms with Gasteiger partial charge in [-0.2, -0.15) is 0 Å². The lowest BCUT2D eigenvalue weighted by atomic mass is 9.87. The van der Waals surface area contributed by atoms with E-state index in [1.165, 1.54) is 4.90 Å². The van der Waals surface area contributed by atoms with Crippen LogP contribution in [0.1, 0.15) is 52.4 Å². The van der Waals surface area contributed by atoms with Gasteiger partial charge in [0.2, 0.25) is 11.8 Å². The van der Waals surface area contributed by atoms with Crippen molar-refractivity contribution >= 4 is 17.8 Å². The van der Waals surface area contributed by atoms with Gasteiger partial charge in [-0.15, -0.1) is 0 Å². The molecule has 0 aromatic heterocycles. The second-order valence-corrected chi connectivity index (χ2v) is 6.34. The summed E-state index contributed by atoms with van der Waals surface area (Å²) in [4.78, 5) is 37.5. The monoisotopic (exact) mass is 280 g/mol. The van der Waals surface area contributed by atoms with Crippen LogP contribution in [-0.2, 0) is 9.59 Å². The zero-order valence-corrected chi connectivity index (χ0v) is 12.4. The largest absolute Gasteiger partial charge is 0.330 e. The summed E-state index contributed by atoms with van der Waals surface area (Å²) in [7, 11) is 0. The van der Waals surface area contributed by atoms with Crippen LogP contribution in [-0.4, -0.2) is 29.3 Å². The van der Waals surface area contributed by atoms with Crippen molar-refractivity contribution in [1.82, 2.24) is 10.2 Å². The quantitative estimate of drug-likeness (QED) is 0.786. The fourth-order valence-electron chi connectivity index (χ4n) is 3.21. The highest BCUT2D eigenvalue weighted by atomic mass is 16.2. The van der Waals surface area contributed by atoms with Crippen molar-refractivity contribution in [3.63, 3.8) is 0 Å². The second kappa shape index (κ2) is 6.37. The SMILES string of the molecule is CC(C)CCCN1C(=O)NC(=O)C(C2CCCC2)C1=O. The van der Waals surface area contributed by atoms with Gasteiger partial charge in [0.05, 0.1) is 0 Å². The van der Waals surface area contributed by atoms with Crippen LogP contribution in [0.2, 0.25) is 0 Å². The Balaban J connectivity index is 2.01. The van der Waals surface area contributed by atoms with Crippen LogP contribution in [0.25, 0.3) is 0 Å². The van der Waals surface area contributed by atoms with E-state index in [-0.39, 0.29) is 11.8 Å². The fraction of sp³-hybridized carbons (Fsp3) is 0.800. The van der Waals surface area contributed by atoms with Crippen molar-refractivity contribution in [2.24, 2.45) is 17.8 Å². The molecule has 5 nitrogen and oxygen atoms in total. The first-order chi connectivity index (χ1) is 9.50. The number of rotatable bonds is 5. The Kier molecular flexibility index (Phi) is 4.78. The minimum atomic E-state index is -0.644. The van der Waals surface area contributed by atoms with Crippen LogP contribution in [0.15, 0.2) is 0 Å². The van der Waals surface area contributed by atoms with E-state index in [0.29, 0.717) is 12.5 Å². The normalized spacial score (nSPS) is 24.6. The van der Waals surface area contributed by atoms with Crippen molar-refractivity contribution in [2.45, 2.75) is 52.4 Å². The van der Waals surface area contributed by atoms with Crippen LogP contribution < -0.4 is 5.32 Å². The van der Waals surface area contributed by atoms with Gasteiger partial charge in [-0.25, -0.2) is 4.79 Å². The van der Waals surface area contributed by atoms with Crippen molar-refractivity contribution in [2.75, 3.05) is 6.54 Å². The highest BCUT2D eigenvalue weighted by molar-refractivity contribution is 6.16. The third-order valence-corrected chi connectivity index (χ3v) is 4.32. The smallest absolute Gasteiger partial charge is 0.277 e. The van der Waals surface area contributed by atoms with E-state index >= 15 is 0 Å². The molecule has 1 heterocycles. The predicted molar refractivity (Wildman–Crippen MR) is 74.8 cm³/mol. The third-order valence-electron chi connectivity index (χ3n) is 4.32. The van der Waals surface area contributed by atoms with E-state index < -0.39 is 17.9 Å². The van der Waals surface area contributed by atoms with Crippen LogP contribution in [0, 0.1) is 17.8 Å². The van der Waals surface area contributed by atoms with E-state index in [1.807, 2.05) is 0 Å². The highest BCUT2D eigenvalue weighted by Crippen LogP contribution is 2.34. The summed E-state index contributed by atoms with van der Waals surface area (Å²) in [5.74, 6) is -0.663. The van der Waals surface area contributed by atoms with Crippen LogP contribution in [0.5, 0.6) is 0 Å². The number of barbiturate groups is 1. The number of amides is 4.